The molecule has 0 aliphatic rings. The number of aromatic hydroxyl groups is 1. The van der Waals surface area contributed by atoms with Crippen LogP contribution < -0.4 is 5.43 Å². The van der Waals surface area contributed by atoms with Gasteiger partial charge >= 0.3 is 0 Å². The van der Waals surface area contributed by atoms with Crippen LogP contribution in [-0.2, 0) is 19.6 Å². The van der Waals surface area contributed by atoms with Gasteiger partial charge in [-0.3, -0.25) is 9.69 Å². The van der Waals surface area contributed by atoms with Gasteiger partial charge in [0.05, 0.1) is 6.20 Å². The van der Waals surface area contributed by atoms with Gasteiger partial charge in [-0.05, 0) is 19.0 Å². The van der Waals surface area contributed by atoms with Crippen molar-refractivity contribution in [1.29, 1.82) is 0 Å². The third-order valence-corrected chi connectivity index (χ3v) is 3.93. The quantitative estimate of drug-likeness (QED) is 0.760. The minimum Gasteiger partial charge on any atom is -0.503 e. The van der Waals surface area contributed by atoms with E-state index in [0.29, 0.717) is 6.54 Å². The summed E-state index contributed by atoms with van der Waals surface area (Å²) in [6, 6.07) is 11.8. The standard InChI is InChI=1S/C19H26N2O2/c1-3-4-8-11-21-15-19(23)18(22)12-17(21)14-20(2)13-16-9-6-5-7-10-16/h5-7,9-10,12,15,23H,3-4,8,11,13-14H2,1-2H3. The zero-order valence-corrected chi connectivity index (χ0v) is 14.0. The van der Waals surface area contributed by atoms with Gasteiger partial charge in [-0.25, -0.2) is 0 Å². The molecule has 0 unspecified atom stereocenters. The summed E-state index contributed by atoms with van der Waals surface area (Å²) in [6.07, 6.45) is 4.92. The third-order valence-electron chi connectivity index (χ3n) is 3.93. The molecule has 124 valence electrons. The number of hydrogen-bond acceptors (Lipinski definition) is 3. The highest BCUT2D eigenvalue weighted by atomic mass is 16.3. The molecule has 0 fully saturated rings. The molecule has 0 saturated carbocycles. The molecule has 0 bridgehead atoms. The van der Waals surface area contributed by atoms with Crippen LogP contribution in [0.2, 0.25) is 0 Å². The van der Waals surface area contributed by atoms with Crippen molar-refractivity contribution in [3.63, 3.8) is 0 Å². The number of unbranched alkanes of at least 4 members (excludes halogenated alkanes) is 2. The zero-order valence-electron chi connectivity index (χ0n) is 14.0. The van der Waals surface area contributed by atoms with E-state index in [2.05, 4.69) is 24.0 Å². The van der Waals surface area contributed by atoms with Gasteiger partial charge in [0.1, 0.15) is 0 Å². The maximum atomic E-state index is 11.8. The Balaban J connectivity index is 2.10. The van der Waals surface area contributed by atoms with Crippen LogP contribution in [0.15, 0.2) is 47.4 Å². The highest BCUT2D eigenvalue weighted by Gasteiger charge is 2.09. The second-order valence-electron chi connectivity index (χ2n) is 6.07. The van der Waals surface area contributed by atoms with Gasteiger partial charge in [-0.1, -0.05) is 50.1 Å². The summed E-state index contributed by atoms with van der Waals surface area (Å²) in [5.41, 5.74) is 1.89. The first-order chi connectivity index (χ1) is 11.1. The SMILES string of the molecule is CCCCCn1cc(O)c(=O)cc1CN(C)Cc1ccccc1. The van der Waals surface area contributed by atoms with Gasteiger partial charge in [0.15, 0.2) is 5.75 Å². The van der Waals surface area contributed by atoms with Crippen LogP contribution in [0.4, 0.5) is 0 Å². The van der Waals surface area contributed by atoms with Gasteiger partial charge in [0, 0.05) is 31.4 Å². The van der Waals surface area contributed by atoms with Crippen LogP contribution in [0, 0.1) is 0 Å². The van der Waals surface area contributed by atoms with E-state index in [1.807, 2.05) is 29.8 Å². The van der Waals surface area contributed by atoms with E-state index in [4.69, 9.17) is 0 Å². The Labute approximate surface area is 138 Å². The molecule has 1 heterocycles. The second kappa shape index (κ2) is 8.53. The van der Waals surface area contributed by atoms with E-state index in [1.165, 1.54) is 5.56 Å². The van der Waals surface area contributed by atoms with E-state index in [1.54, 1.807) is 12.3 Å². The smallest absolute Gasteiger partial charge is 0.223 e. The minimum absolute atomic E-state index is 0.170. The molecule has 0 aliphatic carbocycles. The average molecular weight is 314 g/mol. The molecule has 1 aromatic heterocycles. The van der Waals surface area contributed by atoms with Crippen molar-refractivity contribution in [2.24, 2.45) is 0 Å². The first kappa shape index (κ1) is 17.3. The Hall–Kier alpha value is -2.07. The predicted octanol–water partition coefficient (Wildman–Crippen LogP) is 3.38. The molecule has 23 heavy (non-hydrogen) atoms. The molecule has 0 atom stereocenters. The van der Waals surface area contributed by atoms with Gasteiger partial charge < -0.3 is 9.67 Å². The number of pyridine rings is 1. The molecular weight excluding hydrogens is 288 g/mol. The number of nitrogens with zero attached hydrogens (tertiary/aromatic N) is 2. The maximum absolute atomic E-state index is 11.8. The molecule has 1 N–H and O–H groups in total. The topological polar surface area (TPSA) is 45.5 Å². The molecule has 1 aromatic carbocycles. The monoisotopic (exact) mass is 314 g/mol. The number of rotatable bonds is 8. The zero-order chi connectivity index (χ0) is 16.7. The average Bonchev–Trinajstić information content (AvgIpc) is 2.53. The Kier molecular flexibility index (Phi) is 6.41. The fraction of sp³-hybridized carbons (Fsp3) is 0.421. The summed E-state index contributed by atoms with van der Waals surface area (Å²) in [5.74, 6) is -0.170. The first-order valence-corrected chi connectivity index (χ1v) is 8.25. The lowest BCUT2D eigenvalue weighted by Gasteiger charge is -2.20. The molecule has 0 saturated heterocycles. The lowest BCUT2D eigenvalue weighted by Crippen LogP contribution is -2.22. The Bertz CT molecular complexity index is 665. The van der Waals surface area contributed by atoms with Crippen molar-refractivity contribution in [2.75, 3.05) is 7.05 Å². The van der Waals surface area contributed by atoms with Crippen LogP contribution in [0.1, 0.15) is 37.4 Å². The fourth-order valence-electron chi connectivity index (χ4n) is 2.71. The molecule has 4 nitrogen and oxygen atoms in total. The van der Waals surface area contributed by atoms with Crippen LogP contribution in [0.25, 0.3) is 0 Å². The third kappa shape index (κ3) is 5.25. The summed E-state index contributed by atoms with van der Waals surface area (Å²) in [7, 11) is 2.04. The summed E-state index contributed by atoms with van der Waals surface area (Å²) in [5, 5.41) is 9.70. The number of aromatic nitrogens is 1. The van der Waals surface area contributed by atoms with Crippen molar-refractivity contribution in [2.45, 2.75) is 45.8 Å². The highest BCUT2D eigenvalue weighted by Crippen LogP contribution is 2.12. The van der Waals surface area contributed by atoms with E-state index in [9.17, 15) is 9.90 Å². The molecule has 2 rings (SSSR count). The second-order valence-corrected chi connectivity index (χ2v) is 6.07. The van der Waals surface area contributed by atoms with Gasteiger partial charge in [0.2, 0.25) is 5.43 Å². The number of benzene rings is 1. The largest absolute Gasteiger partial charge is 0.503 e. The van der Waals surface area contributed by atoms with Crippen LogP contribution >= 0.6 is 0 Å². The van der Waals surface area contributed by atoms with Crippen molar-refractivity contribution >= 4 is 0 Å². The van der Waals surface area contributed by atoms with Gasteiger partial charge in [0.25, 0.3) is 0 Å². The molecule has 2 aromatic rings. The number of aryl methyl sites for hydroxylation is 1. The van der Waals surface area contributed by atoms with Crippen molar-refractivity contribution in [3.8, 4) is 5.75 Å². The summed E-state index contributed by atoms with van der Waals surface area (Å²) < 4.78 is 2.01. The minimum atomic E-state index is -0.306. The van der Waals surface area contributed by atoms with Gasteiger partial charge in [-0.15, -0.1) is 0 Å². The molecule has 0 spiro atoms. The molecule has 4 heteroatoms. The highest BCUT2D eigenvalue weighted by molar-refractivity contribution is 5.21. The maximum Gasteiger partial charge on any atom is 0.223 e. The van der Waals surface area contributed by atoms with Gasteiger partial charge in [-0.2, -0.15) is 0 Å². The fourth-order valence-corrected chi connectivity index (χ4v) is 2.71. The Morgan fingerprint density at radius 1 is 1.13 bits per heavy atom. The van der Waals surface area contributed by atoms with E-state index >= 15 is 0 Å². The van der Waals surface area contributed by atoms with E-state index < -0.39 is 0 Å². The summed E-state index contributed by atoms with van der Waals surface area (Å²) >= 11 is 0. The molecule has 0 amide bonds. The van der Waals surface area contributed by atoms with E-state index in [0.717, 1.165) is 38.0 Å². The van der Waals surface area contributed by atoms with Crippen molar-refractivity contribution in [1.82, 2.24) is 9.47 Å². The normalized spacial score (nSPS) is 11.1. The van der Waals surface area contributed by atoms with Crippen LogP contribution in [0.5, 0.6) is 5.75 Å². The number of hydrogen-bond donors (Lipinski definition) is 1. The lowest BCUT2D eigenvalue weighted by atomic mass is 10.2. The lowest BCUT2D eigenvalue weighted by molar-refractivity contribution is 0.306. The Morgan fingerprint density at radius 3 is 2.57 bits per heavy atom. The summed E-state index contributed by atoms with van der Waals surface area (Å²) in [4.78, 5) is 14.0. The molecule has 0 radical (unpaired) electrons. The Morgan fingerprint density at radius 2 is 1.87 bits per heavy atom. The summed E-state index contributed by atoms with van der Waals surface area (Å²) in [6.45, 7) is 4.50. The van der Waals surface area contributed by atoms with Crippen molar-refractivity contribution < 1.29 is 5.11 Å². The van der Waals surface area contributed by atoms with Crippen LogP contribution in [0.3, 0.4) is 0 Å². The van der Waals surface area contributed by atoms with Crippen LogP contribution in [-0.4, -0.2) is 21.6 Å². The molecular formula is C19H26N2O2. The first-order valence-electron chi connectivity index (χ1n) is 8.25. The van der Waals surface area contributed by atoms with E-state index in [-0.39, 0.29) is 11.2 Å². The molecule has 0 aliphatic heterocycles. The predicted molar refractivity (Wildman–Crippen MR) is 93.5 cm³/mol. The van der Waals surface area contributed by atoms with Crippen molar-refractivity contribution in [3.05, 3.63) is 64.1 Å².